The van der Waals surface area contributed by atoms with Gasteiger partial charge in [-0.1, -0.05) is 6.07 Å². The summed E-state index contributed by atoms with van der Waals surface area (Å²) in [6, 6.07) is 3.97. The van der Waals surface area contributed by atoms with E-state index in [-0.39, 0.29) is 23.7 Å². The highest BCUT2D eigenvalue weighted by Gasteiger charge is 2.20. The second-order valence-electron chi connectivity index (χ2n) is 5.15. The minimum atomic E-state index is -0.467. The largest absolute Gasteiger partial charge is 0.494 e. The first kappa shape index (κ1) is 16.1. The van der Waals surface area contributed by atoms with Crippen molar-refractivity contribution in [3.63, 3.8) is 0 Å². The summed E-state index contributed by atoms with van der Waals surface area (Å²) in [7, 11) is 1.40. The zero-order chi connectivity index (χ0) is 16.1. The quantitative estimate of drug-likeness (QED) is 0.887. The summed E-state index contributed by atoms with van der Waals surface area (Å²) in [5.41, 5.74) is 0.649. The van der Waals surface area contributed by atoms with E-state index in [9.17, 15) is 14.0 Å². The summed E-state index contributed by atoms with van der Waals surface area (Å²) in [5.74, 6) is -0.356. The van der Waals surface area contributed by atoms with Gasteiger partial charge >= 0.3 is 6.03 Å². The average Bonchev–Trinajstić information content (AvgIpc) is 2.71. The van der Waals surface area contributed by atoms with Gasteiger partial charge in [-0.2, -0.15) is 0 Å². The number of rotatable bonds is 3. The third-order valence-electron chi connectivity index (χ3n) is 3.62. The third-order valence-corrected chi connectivity index (χ3v) is 3.62. The Labute approximate surface area is 128 Å². The molecule has 0 spiro atoms. The number of hydrogen-bond donors (Lipinski definition) is 2. The molecule has 0 radical (unpaired) electrons. The normalized spacial score (nSPS) is 16.5. The molecule has 120 valence electrons. The van der Waals surface area contributed by atoms with E-state index in [0.717, 1.165) is 0 Å². The number of benzene rings is 1. The van der Waals surface area contributed by atoms with Gasteiger partial charge in [-0.05, 0) is 24.6 Å². The Kier molecular flexibility index (Phi) is 5.19. The summed E-state index contributed by atoms with van der Waals surface area (Å²) in [6.07, 6.45) is 0.291. The zero-order valence-corrected chi connectivity index (χ0v) is 12.7. The Morgan fingerprint density at radius 2 is 2.23 bits per heavy atom. The van der Waals surface area contributed by atoms with Crippen molar-refractivity contribution < 1.29 is 18.7 Å². The van der Waals surface area contributed by atoms with E-state index in [1.807, 2.05) is 0 Å². The molecule has 1 saturated heterocycles. The van der Waals surface area contributed by atoms with E-state index in [1.54, 1.807) is 17.9 Å². The number of nitrogens with zero attached hydrogens (tertiary/aromatic N) is 1. The Bertz CT molecular complexity index is 565. The SMILES string of the molecule is COc1ccc(C(C)NC(=O)N2CCNC(=O)CC2)cc1F. The van der Waals surface area contributed by atoms with Gasteiger partial charge < -0.3 is 20.3 Å². The molecule has 0 aliphatic carbocycles. The van der Waals surface area contributed by atoms with Crippen LogP contribution >= 0.6 is 0 Å². The smallest absolute Gasteiger partial charge is 0.317 e. The van der Waals surface area contributed by atoms with Gasteiger partial charge in [-0.3, -0.25) is 4.79 Å². The first-order chi connectivity index (χ1) is 10.5. The molecule has 1 unspecified atom stereocenters. The Hall–Kier alpha value is -2.31. The number of halogens is 1. The molecule has 22 heavy (non-hydrogen) atoms. The number of amides is 3. The van der Waals surface area contributed by atoms with Crippen molar-refractivity contribution in [1.29, 1.82) is 0 Å². The molecule has 0 saturated carbocycles. The first-order valence-electron chi connectivity index (χ1n) is 7.17. The van der Waals surface area contributed by atoms with Gasteiger partial charge in [0.2, 0.25) is 5.91 Å². The Balaban J connectivity index is 1.98. The summed E-state index contributed by atoms with van der Waals surface area (Å²) < 4.78 is 18.6. The van der Waals surface area contributed by atoms with E-state index < -0.39 is 5.82 Å². The van der Waals surface area contributed by atoms with Crippen molar-refractivity contribution in [3.8, 4) is 5.75 Å². The number of nitrogens with one attached hydrogen (secondary N) is 2. The molecule has 1 fully saturated rings. The summed E-state index contributed by atoms with van der Waals surface area (Å²) in [6.45, 7) is 3.06. The highest BCUT2D eigenvalue weighted by molar-refractivity contribution is 5.79. The Morgan fingerprint density at radius 3 is 2.91 bits per heavy atom. The average molecular weight is 309 g/mol. The fraction of sp³-hybridized carbons (Fsp3) is 0.467. The van der Waals surface area contributed by atoms with E-state index in [1.165, 1.54) is 19.2 Å². The number of carbonyl (C=O) groups excluding carboxylic acids is 2. The van der Waals surface area contributed by atoms with Crippen LogP contribution in [0.1, 0.15) is 24.9 Å². The molecular formula is C15H20FN3O3. The minimum absolute atomic E-state index is 0.0550. The second kappa shape index (κ2) is 7.11. The predicted octanol–water partition coefficient (Wildman–Crippen LogP) is 1.43. The van der Waals surface area contributed by atoms with Crippen LogP contribution in [-0.2, 0) is 4.79 Å². The molecule has 3 amide bonds. The van der Waals surface area contributed by atoms with Gasteiger partial charge in [0, 0.05) is 26.1 Å². The number of hydrogen-bond acceptors (Lipinski definition) is 3. The number of urea groups is 1. The molecule has 2 rings (SSSR count). The summed E-state index contributed by atoms with van der Waals surface area (Å²) >= 11 is 0. The summed E-state index contributed by atoms with van der Waals surface area (Å²) in [5, 5.41) is 5.52. The van der Waals surface area contributed by atoms with Gasteiger partial charge in [0.25, 0.3) is 0 Å². The standard InChI is InChI=1S/C15H20FN3O3/c1-10(11-3-4-13(22-2)12(16)9-11)18-15(21)19-7-5-14(20)17-6-8-19/h3-4,9-10H,5-8H2,1-2H3,(H,17,20)(H,18,21). The van der Waals surface area contributed by atoms with Crippen LogP contribution in [0.4, 0.5) is 9.18 Å². The van der Waals surface area contributed by atoms with Gasteiger partial charge in [-0.25, -0.2) is 9.18 Å². The molecule has 1 aliphatic heterocycles. The van der Waals surface area contributed by atoms with Crippen LogP contribution in [0.15, 0.2) is 18.2 Å². The fourth-order valence-corrected chi connectivity index (χ4v) is 2.28. The third kappa shape index (κ3) is 3.87. The summed E-state index contributed by atoms with van der Waals surface area (Å²) in [4.78, 5) is 25.1. The van der Waals surface area contributed by atoms with Gasteiger partial charge in [0.1, 0.15) is 0 Å². The lowest BCUT2D eigenvalue weighted by Gasteiger charge is -2.23. The lowest BCUT2D eigenvalue weighted by atomic mass is 10.1. The van der Waals surface area contributed by atoms with Gasteiger partial charge in [0.05, 0.1) is 13.2 Å². The Morgan fingerprint density at radius 1 is 1.45 bits per heavy atom. The van der Waals surface area contributed by atoms with Gasteiger partial charge in [0.15, 0.2) is 11.6 Å². The highest BCUT2D eigenvalue weighted by atomic mass is 19.1. The van der Waals surface area contributed by atoms with E-state index >= 15 is 0 Å². The first-order valence-corrected chi connectivity index (χ1v) is 7.17. The maximum Gasteiger partial charge on any atom is 0.317 e. The van der Waals surface area contributed by atoms with Crippen LogP contribution in [0, 0.1) is 5.82 Å². The predicted molar refractivity (Wildman–Crippen MR) is 79.1 cm³/mol. The van der Waals surface area contributed by atoms with Crippen molar-refractivity contribution in [3.05, 3.63) is 29.6 Å². The highest BCUT2D eigenvalue weighted by Crippen LogP contribution is 2.21. The van der Waals surface area contributed by atoms with Crippen molar-refractivity contribution in [2.45, 2.75) is 19.4 Å². The molecule has 0 aromatic heterocycles. The maximum atomic E-state index is 13.7. The zero-order valence-electron chi connectivity index (χ0n) is 12.7. The van der Waals surface area contributed by atoms with Crippen molar-refractivity contribution in [2.75, 3.05) is 26.7 Å². The van der Waals surface area contributed by atoms with Crippen molar-refractivity contribution in [2.24, 2.45) is 0 Å². The van der Waals surface area contributed by atoms with Crippen LogP contribution in [0.25, 0.3) is 0 Å². The molecule has 6 nitrogen and oxygen atoms in total. The molecule has 1 atom stereocenters. The number of carbonyl (C=O) groups is 2. The monoisotopic (exact) mass is 309 g/mol. The minimum Gasteiger partial charge on any atom is -0.494 e. The molecule has 1 aromatic rings. The maximum absolute atomic E-state index is 13.7. The van der Waals surface area contributed by atoms with E-state index in [2.05, 4.69) is 10.6 Å². The van der Waals surface area contributed by atoms with E-state index in [0.29, 0.717) is 31.6 Å². The molecule has 0 bridgehead atoms. The van der Waals surface area contributed by atoms with Crippen LogP contribution in [0.5, 0.6) is 5.75 Å². The molecule has 2 N–H and O–H groups in total. The van der Waals surface area contributed by atoms with E-state index in [4.69, 9.17) is 4.74 Å². The lowest BCUT2D eigenvalue weighted by Crippen LogP contribution is -2.42. The number of methoxy groups -OCH3 is 1. The van der Waals surface area contributed by atoms with Crippen molar-refractivity contribution >= 4 is 11.9 Å². The second-order valence-corrected chi connectivity index (χ2v) is 5.15. The molecule has 1 heterocycles. The van der Waals surface area contributed by atoms with Crippen LogP contribution in [-0.4, -0.2) is 43.6 Å². The fourth-order valence-electron chi connectivity index (χ4n) is 2.28. The lowest BCUT2D eigenvalue weighted by molar-refractivity contribution is -0.120. The number of ether oxygens (including phenoxy) is 1. The van der Waals surface area contributed by atoms with Crippen LogP contribution < -0.4 is 15.4 Å². The van der Waals surface area contributed by atoms with Crippen molar-refractivity contribution in [1.82, 2.24) is 15.5 Å². The van der Waals surface area contributed by atoms with Crippen LogP contribution in [0.3, 0.4) is 0 Å². The molecule has 1 aromatic carbocycles. The topological polar surface area (TPSA) is 70.7 Å². The molecule has 7 heteroatoms. The van der Waals surface area contributed by atoms with Gasteiger partial charge in [-0.15, -0.1) is 0 Å². The van der Waals surface area contributed by atoms with Crippen LogP contribution in [0.2, 0.25) is 0 Å². The molecular weight excluding hydrogens is 289 g/mol. The molecule has 1 aliphatic rings.